The van der Waals surface area contributed by atoms with E-state index in [4.69, 9.17) is 0 Å². The van der Waals surface area contributed by atoms with Gasteiger partial charge in [-0.05, 0) is 143 Å². The Morgan fingerprint density at radius 3 is 0.710 bits per heavy atom. The Morgan fingerprint density at radius 2 is 0.452 bits per heavy atom. The zero-order chi connectivity index (χ0) is 42.3. The first kappa shape index (κ1) is 37.9. The van der Waals surface area contributed by atoms with Crippen LogP contribution in [0.5, 0.6) is 0 Å². The smallest absolute Gasteiger partial charge is 0.00261 e. The van der Waals surface area contributed by atoms with Gasteiger partial charge in [-0.25, -0.2) is 0 Å². The van der Waals surface area contributed by atoms with E-state index in [2.05, 4.69) is 236 Å². The Morgan fingerprint density at radius 1 is 0.226 bits per heavy atom. The monoisotopic (exact) mass is 794 g/mol. The quantitative estimate of drug-likeness (QED) is 0.123. The van der Waals surface area contributed by atoms with Gasteiger partial charge in [0.25, 0.3) is 0 Å². The predicted octanol–water partition coefficient (Wildman–Crippen LogP) is 17.9. The Hall–Kier alpha value is -7.02. The van der Waals surface area contributed by atoms with Gasteiger partial charge in [0.15, 0.2) is 0 Å². The molecule has 0 atom stereocenters. The SMILES string of the molecule is CC(C)(C)c1ccc(-c2c3ccccc3c(-c3ccc4ccc5ccc(-c6c7ccccc7c(-c7ccc(C(C)(C)C)cc7)c7ccccc67)cc5c4c3)c3ccccc23)cc1. The molecular weight excluding hydrogens is 745 g/mol. The van der Waals surface area contributed by atoms with Gasteiger partial charge >= 0.3 is 0 Å². The van der Waals surface area contributed by atoms with E-state index in [9.17, 15) is 0 Å². The summed E-state index contributed by atoms with van der Waals surface area (Å²) in [6, 6.07) is 73.3. The molecule has 0 saturated carbocycles. The van der Waals surface area contributed by atoms with E-state index in [0.29, 0.717) is 0 Å². The van der Waals surface area contributed by atoms with Crippen molar-refractivity contribution in [2.45, 2.75) is 52.4 Å². The maximum absolute atomic E-state index is 2.45. The molecule has 0 aliphatic carbocycles. The van der Waals surface area contributed by atoms with Crippen LogP contribution in [0, 0.1) is 0 Å². The first-order valence-corrected chi connectivity index (χ1v) is 22.1. The van der Waals surface area contributed by atoms with Crippen LogP contribution in [0.25, 0.3) is 109 Å². The van der Waals surface area contributed by atoms with E-state index in [1.165, 1.54) is 120 Å². The Balaban J connectivity index is 1.12. The first-order valence-electron chi connectivity index (χ1n) is 22.1. The maximum atomic E-state index is 2.45. The molecular formula is C62H50. The molecule has 0 amide bonds. The van der Waals surface area contributed by atoms with Crippen LogP contribution in [-0.4, -0.2) is 0 Å². The lowest BCUT2D eigenvalue weighted by Crippen LogP contribution is -2.10. The fourth-order valence-electron chi connectivity index (χ4n) is 10.1. The average molecular weight is 795 g/mol. The normalized spacial score (nSPS) is 12.4. The number of benzene rings is 11. The molecule has 0 aliphatic rings. The molecule has 0 aromatic heterocycles. The van der Waals surface area contributed by atoms with Gasteiger partial charge < -0.3 is 0 Å². The van der Waals surface area contributed by atoms with Crippen molar-refractivity contribution in [3.8, 4) is 44.5 Å². The van der Waals surface area contributed by atoms with Crippen molar-refractivity contribution in [1.82, 2.24) is 0 Å². The lowest BCUT2D eigenvalue weighted by molar-refractivity contribution is 0.590. The van der Waals surface area contributed by atoms with Gasteiger partial charge in [0.05, 0.1) is 0 Å². The summed E-state index contributed by atoms with van der Waals surface area (Å²) in [5, 5.41) is 15.2. The van der Waals surface area contributed by atoms with Gasteiger partial charge in [0, 0.05) is 0 Å². The van der Waals surface area contributed by atoms with E-state index in [1.807, 2.05) is 0 Å². The molecule has 0 N–H and O–H groups in total. The highest BCUT2D eigenvalue weighted by molar-refractivity contribution is 6.24. The minimum Gasteiger partial charge on any atom is -0.0616 e. The molecule has 62 heavy (non-hydrogen) atoms. The molecule has 0 unspecified atom stereocenters. The summed E-state index contributed by atoms with van der Waals surface area (Å²) < 4.78 is 0. The molecule has 0 bridgehead atoms. The fourth-order valence-corrected chi connectivity index (χ4v) is 10.1. The average Bonchev–Trinajstić information content (AvgIpc) is 3.29. The first-order chi connectivity index (χ1) is 30.0. The van der Waals surface area contributed by atoms with Gasteiger partial charge in [-0.3, -0.25) is 0 Å². The fraction of sp³-hybridized carbons (Fsp3) is 0.129. The third-order valence-corrected chi connectivity index (χ3v) is 13.4. The molecule has 11 aromatic rings. The number of fused-ring (bicyclic) bond motifs is 7. The minimum atomic E-state index is 0.0963. The van der Waals surface area contributed by atoms with Crippen molar-refractivity contribution < 1.29 is 0 Å². The van der Waals surface area contributed by atoms with Crippen LogP contribution in [0.3, 0.4) is 0 Å². The van der Waals surface area contributed by atoms with Gasteiger partial charge in [-0.15, -0.1) is 0 Å². The number of hydrogen-bond donors (Lipinski definition) is 0. The summed E-state index contributed by atoms with van der Waals surface area (Å²) >= 11 is 0. The van der Waals surface area contributed by atoms with Crippen molar-refractivity contribution in [2.24, 2.45) is 0 Å². The Labute approximate surface area is 365 Å². The summed E-state index contributed by atoms with van der Waals surface area (Å²) in [7, 11) is 0. The molecule has 0 spiro atoms. The van der Waals surface area contributed by atoms with Crippen LogP contribution in [-0.2, 0) is 10.8 Å². The zero-order valence-electron chi connectivity index (χ0n) is 36.5. The zero-order valence-corrected chi connectivity index (χ0v) is 36.5. The highest BCUT2D eigenvalue weighted by Gasteiger charge is 2.21. The Bertz CT molecular complexity index is 3200. The number of hydrogen-bond acceptors (Lipinski definition) is 0. The standard InChI is InChI=1S/C62H50/c1-61(2,3)45-33-29-41(30-34-45)57-47-15-7-11-19-51(47)59(52-20-12-8-16-48(52)57)43-27-25-39-23-24-40-26-28-44(38-56(40)55(39)37-43)60-53-21-13-9-17-49(53)58(50-18-10-14-22-54(50)60)42-31-35-46(36-32-42)62(4,5)6/h7-38H,1-6H3. The second-order valence-electron chi connectivity index (χ2n) is 19.3. The van der Waals surface area contributed by atoms with Crippen LogP contribution in [0.2, 0.25) is 0 Å². The lowest BCUT2D eigenvalue weighted by atomic mass is 9.83. The lowest BCUT2D eigenvalue weighted by Gasteiger charge is -2.21. The van der Waals surface area contributed by atoms with Crippen molar-refractivity contribution >= 4 is 64.6 Å². The van der Waals surface area contributed by atoms with Crippen molar-refractivity contribution in [3.05, 3.63) is 205 Å². The third kappa shape index (κ3) is 6.20. The largest absolute Gasteiger partial charge is 0.0616 e. The van der Waals surface area contributed by atoms with Crippen LogP contribution >= 0.6 is 0 Å². The summed E-state index contributed by atoms with van der Waals surface area (Å²) in [6.45, 7) is 13.7. The van der Waals surface area contributed by atoms with Crippen LogP contribution < -0.4 is 0 Å². The second-order valence-corrected chi connectivity index (χ2v) is 19.3. The van der Waals surface area contributed by atoms with Crippen LogP contribution in [0.15, 0.2) is 194 Å². The molecule has 0 aliphatic heterocycles. The van der Waals surface area contributed by atoms with Crippen LogP contribution in [0.4, 0.5) is 0 Å². The van der Waals surface area contributed by atoms with Crippen molar-refractivity contribution in [2.75, 3.05) is 0 Å². The maximum Gasteiger partial charge on any atom is -0.00261 e. The topological polar surface area (TPSA) is 0 Å². The third-order valence-electron chi connectivity index (χ3n) is 13.4. The van der Waals surface area contributed by atoms with Gasteiger partial charge in [-0.2, -0.15) is 0 Å². The van der Waals surface area contributed by atoms with Crippen LogP contribution in [0.1, 0.15) is 52.7 Å². The molecule has 0 heteroatoms. The molecule has 0 nitrogen and oxygen atoms in total. The molecule has 0 fully saturated rings. The Kier molecular flexibility index (Phi) is 8.74. The summed E-state index contributed by atoms with van der Waals surface area (Å²) in [6.07, 6.45) is 0. The highest BCUT2D eigenvalue weighted by Crippen LogP contribution is 2.47. The van der Waals surface area contributed by atoms with Crippen molar-refractivity contribution in [3.63, 3.8) is 0 Å². The molecule has 11 aromatic carbocycles. The van der Waals surface area contributed by atoms with E-state index >= 15 is 0 Å². The molecule has 0 radical (unpaired) electrons. The van der Waals surface area contributed by atoms with Gasteiger partial charge in [-0.1, -0.05) is 224 Å². The molecule has 0 heterocycles. The van der Waals surface area contributed by atoms with Crippen molar-refractivity contribution in [1.29, 1.82) is 0 Å². The highest BCUT2D eigenvalue weighted by atomic mass is 14.2. The van der Waals surface area contributed by atoms with E-state index in [-0.39, 0.29) is 10.8 Å². The summed E-state index contributed by atoms with van der Waals surface area (Å²) in [5.74, 6) is 0. The molecule has 0 saturated heterocycles. The van der Waals surface area contributed by atoms with Gasteiger partial charge in [0.2, 0.25) is 0 Å². The summed E-state index contributed by atoms with van der Waals surface area (Å²) in [4.78, 5) is 0. The molecule has 298 valence electrons. The summed E-state index contributed by atoms with van der Waals surface area (Å²) in [5.41, 5.74) is 13.0. The molecule has 11 rings (SSSR count). The minimum absolute atomic E-state index is 0.0963. The number of rotatable bonds is 4. The van der Waals surface area contributed by atoms with E-state index in [1.54, 1.807) is 0 Å². The predicted molar refractivity (Wildman–Crippen MR) is 271 cm³/mol. The van der Waals surface area contributed by atoms with E-state index in [0.717, 1.165) is 0 Å². The van der Waals surface area contributed by atoms with E-state index < -0.39 is 0 Å². The second kappa shape index (κ2) is 14.3. The van der Waals surface area contributed by atoms with Gasteiger partial charge in [0.1, 0.15) is 0 Å².